The van der Waals surface area contributed by atoms with Crippen molar-refractivity contribution in [3.05, 3.63) is 0 Å². The molecule has 0 radical (unpaired) electrons. The Kier molecular flexibility index (Phi) is 4.05. The van der Waals surface area contributed by atoms with E-state index in [9.17, 15) is 0 Å². The number of hydrogen-bond acceptors (Lipinski definition) is 2. The fraction of sp³-hybridized carbons (Fsp3) is 0.833. The van der Waals surface area contributed by atoms with Crippen molar-refractivity contribution in [1.82, 2.24) is 4.90 Å². The fourth-order valence-corrected chi connectivity index (χ4v) is 0.482. The summed E-state index contributed by atoms with van der Waals surface area (Å²) in [5.41, 5.74) is 5.35. The highest BCUT2D eigenvalue weighted by Crippen LogP contribution is 1.82. The van der Waals surface area contributed by atoms with Crippen LogP contribution in [0.15, 0.2) is 4.99 Å². The molecule has 0 aromatic heterocycles. The van der Waals surface area contributed by atoms with Crippen LogP contribution in [0, 0.1) is 0 Å². The van der Waals surface area contributed by atoms with Crippen molar-refractivity contribution in [2.24, 2.45) is 10.7 Å². The van der Waals surface area contributed by atoms with Gasteiger partial charge in [-0.3, -0.25) is 4.99 Å². The van der Waals surface area contributed by atoms with E-state index in [2.05, 4.69) is 4.99 Å². The average molecular weight is 129 g/mol. The van der Waals surface area contributed by atoms with E-state index in [-0.39, 0.29) is 0 Å². The van der Waals surface area contributed by atoms with Crippen molar-refractivity contribution in [1.29, 1.82) is 0 Å². The highest BCUT2D eigenvalue weighted by atomic mass is 15.2. The molecule has 0 amide bonds. The number of amidine groups is 1. The smallest absolute Gasteiger partial charge is 0.0965 e. The van der Waals surface area contributed by atoms with Gasteiger partial charge in [-0.05, 0) is 13.8 Å². The summed E-state index contributed by atoms with van der Waals surface area (Å²) in [5.74, 6) is 1.00. The first kappa shape index (κ1) is 8.43. The molecule has 0 aromatic rings. The van der Waals surface area contributed by atoms with Crippen LogP contribution in [0.5, 0.6) is 0 Å². The summed E-state index contributed by atoms with van der Waals surface area (Å²) in [7, 11) is 1.93. The molecule has 0 heterocycles. The zero-order valence-electron chi connectivity index (χ0n) is 6.39. The number of rotatable bonds is 2. The SMILES string of the molecule is CCN=C(C)N(C)CN. The van der Waals surface area contributed by atoms with Crippen LogP contribution in [0.4, 0.5) is 0 Å². The molecule has 0 atom stereocenters. The molecule has 0 unspecified atom stereocenters. The molecule has 0 aliphatic heterocycles. The molecule has 9 heavy (non-hydrogen) atoms. The van der Waals surface area contributed by atoms with Crippen LogP contribution in [0.3, 0.4) is 0 Å². The predicted molar refractivity (Wildman–Crippen MR) is 40.5 cm³/mol. The Labute approximate surface area is 56.6 Å². The summed E-state index contributed by atoms with van der Waals surface area (Å²) in [6, 6.07) is 0. The summed E-state index contributed by atoms with van der Waals surface area (Å²) < 4.78 is 0. The normalized spacial score (nSPS) is 11.8. The van der Waals surface area contributed by atoms with E-state index >= 15 is 0 Å². The Hall–Kier alpha value is -0.570. The zero-order valence-corrected chi connectivity index (χ0v) is 6.39. The molecule has 0 bridgehead atoms. The third-order valence-corrected chi connectivity index (χ3v) is 1.21. The second-order valence-electron chi connectivity index (χ2n) is 1.90. The Morgan fingerprint density at radius 3 is 2.56 bits per heavy atom. The molecule has 0 rings (SSSR count). The van der Waals surface area contributed by atoms with Gasteiger partial charge in [0.05, 0.1) is 12.5 Å². The lowest BCUT2D eigenvalue weighted by atomic mass is 10.6. The lowest BCUT2D eigenvalue weighted by molar-refractivity contribution is 0.516. The maximum absolute atomic E-state index is 5.35. The van der Waals surface area contributed by atoms with Gasteiger partial charge in [-0.2, -0.15) is 0 Å². The van der Waals surface area contributed by atoms with E-state index in [4.69, 9.17) is 5.73 Å². The fourth-order valence-electron chi connectivity index (χ4n) is 0.482. The number of hydrogen-bond donors (Lipinski definition) is 1. The van der Waals surface area contributed by atoms with Crippen LogP contribution < -0.4 is 5.73 Å². The maximum Gasteiger partial charge on any atom is 0.0965 e. The highest BCUT2D eigenvalue weighted by Gasteiger charge is 1.92. The van der Waals surface area contributed by atoms with Gasteiger partial charge in [0, 0.05) is 13.6 Å². The lowest BCUT2D eigenvalue weighted by Gasteiger charge is -2.14. The molecule has 3 nitrogen and oxygen atoms in total. The number of nitrogens with two attached hydrogens (primary N) is 1. The van der Waals surface area contributed by atoms with Crippen LogP contribution in [0.2, 0.25) is 0 Å². The van der Waals surface area contributed by atoms with Crippen molar-refractivity contribution < 1.29 is 0 Å². The van der Waals surface area contributed by atoms with Crippen molar-refractivity contribution >= 4 is 5.84 Å². The predicted octanol–water partition coefficient (Wildman–Crippen LogP) is 0.273. The molecule has 0 aliphatic rings. The molecule has 0 saturated heterocycles. The lowest BCUT2D eigenvalue weighted by Crippen LogP contribution is -2.30. The molecule has 2 N–H and O–H groups in total. The zero-order chi connectivity index (χ0) is 7.28. The first-order valence-corrected chi connectivity index (χ1v) is 3.14. The van der Waals surface area contributed by atoms with Gasteiger partial charge < -0.3 is 10.6 Å². The molecule has 0 fully saturated rings. The van der Waals surface area contributed by atoms with Crippen molar-refractivity contribution in [3.63, 3.8) is 0 Å². The quantitative estimate of drug-likeness (QED) is 0.330. The van der Waals surface area contributed by atoms with Crippen LogP contribution in [-0.2, 0) is 0 Å². The molecule has 3 heteroatoms. The summed E-state index contributed by atoms with van der Waals surface area (Å²) in [6.07, 6.45) is 0. The maximum atomic E-state index is 5.35. The Morgan fingerprint density at radius 1 is 1.67 bits per heavy atom. The Balaban J connectivity index is 3.70. The first-order chi connectivity index (χ1) is 4.22. The van der Waals surface area contributed by atoms with E-state index in [1.54, 1.807) is 0 Å². The van der Waals surface area contributed by atoms with Gasteiger partial charge in [-0.15, -0.1) is 0 Å². The standard InChI is InChI=1S/C6H15N3/c1-4-8-6(2)9(3)5-7/h4-5,7H2,1-3H3. The summed E-state index contributed by atoms with van der Waals surface area (Å²) in [5, 5.41) is 0. The minimum absolute atomic E-state index is 0.537. The van der Waals surface area contributed by atoms with E-state index in [1.165, 1.54) is 0 Å². The van der Waals surface area contributed by atoms with Crippen LogP contribution in [0.1, 0.15) is 13.8 Å². The van der Waals surface area contributed by atoms with Crippen LogP contribution in [-0.4, -0.2) is 31.0 Å². The Morgan fingerprint density at radius 2 is 2.22 bits per heavy atom. The summed E-state index contributed by atoms with van der Waals surface area (Å²) >= 11 is 0. The van der Waals surface area contributed by atoms with Crippen LogP contribution in [0.25, 0.3) is 0 Å². The minimum atomic E-state index is 0.537. The summed E-state index contributed by atoms with van der Waals surface area (Å²) in [4.78, 5) is 6.06. The van der Waals surface area contributed by atoms with Gasteiger partial charge >= 0.3 is 0 Å². The second-order valence-corrected chi connectivity index (χ2v) is 1.90. The van der Waals surface area contributed by atoms with Gasteiger partial charge in [-0.25, -0.2) is 0 Å². The molecule has 0 spiro atoms. The topological polar surface area (TPSA) is 41.6 Å². The van der Waals surface area contributed by atoms with Gasteiger partial charge in [0.25, 0.3) is 0 Å². The third kappa shape index (κ3) is 3.08. The van der Waals surface area contributed by atoms with Gasteiger partial charge in [0.15, 0.2) is 0 Å². The van der Waals surface area contributed by atoms with Crippen molar-refractivity contribution in [2.45, 2.75) is 13.8 Å². The molecular weight excluding hydrogens is 114 g/mol. The Bertz CT molecular complexity index is 98.5. The highest BCUT2D eigenvalue weighted by molar-refractivity contribution is 5.79. The van der Waals surface area contributed by atoms with E-state index in [0.717, 1.165) is 12.4 Å². The van der Waals surface area contributed by atoms with Crippen molar-refractivity contribution in [3.8, 4) is 0 Å². The van der Waals surface area contributed by atoms with Gasteiger partial charge in [0.1, 0.15) is 0 Å². The molecule has 54 valence electrons. The van der Waals surface area contributed by atoms with Crippen molar-refractivity contribution in [2.75, 3.05) is 20.3 Å². The van der Waals surface area contributed by atoms with E-state index in [0.29, 0.717) is 6.67 Å². The van der Waals surface area contributed by atoms with E-state index in [1.807, 2.05) is 25.8 Å². The molecular formula is C6H15N3. The van der Waals surface area contributed by atoms with Crippen LogP contribution >= 0.6 is 0 Å². The monoisotopic (exact) mass is 129 g/mol. The van der Waals surface area contributed by atoms with Gasteiger partial charge in [-0.1, -0.05) is 0 Å². The summed E-state index contributed by atoms with van der Waals surface area (Å²) in [6.45, 7) is 5.33. The third-order valence-electron chi connectivity index (χ3n) is 1.21. The average Bonchev–Trinajstić information content (AvgIpc) is 1.87. The van der Waals surface area contributed by atoms with Gasteiger partial charge in [0.2, 0.25) is 0 Å². The second kappa shape index (κ2) is 4.32. The minimum Gasteiger partial charge on any atom is -0.351 e. The first-order valence-electron chi connectivity index (χ1n) is 3.14. The molecule has 0 aromatic carbocycles. The number of aliphatic imine (C=N–C) groups is 1. The molecule has 0 aliphatic carbocycles. The molecule has 0 saturated carbocycles. The van der Waals surface area contributed by atoms with E-state index < -0.39 is 0 Å². The number of nitrogens with zero attached hydrogens (tertiary/aromatic N) is 2. The largest absolute Gasteiger partial charge is 0.351 e.